The molecule has 0 atom stereocenters. The summed E-state index contributed by atoms with van der Waals surface area (Å²) < 4.78 is 0. The fourth-order valence-electron chi connectivity index (χ4n) is 1.64. The number of hydrogen-bond acceptors (Lipinski definition) is 2. The normalized spacial score (nSPS) is 11.1. The number of nitrogens with zero attached hydrogens (tertiary/aromatic N) is 2. The van der Waals surface area contributed by atoms with Crippen molar-refractivity contribution in [2.75, 3.05) is 0 Å². The number of aromatic nitrogens is 3. The average Bonchev–Trinajstić information content (AvgIpc) is 2.67. The second-order valence-electron chi connectivity index (χ2n) is 3.10. The number of aromatic amines is 1. The van der Waals surface area contributed by atoms with Crippen molar-refractivity contribution in [2.45, 2.75) is 0 Å². The molecule has 0 fully saturated rings. The summed E-state index contributed by atoms with van der Waals surface area (Å²) in [5.74, 6) is 0.222. The van der Waals surface area contributed by atoms with Crippen LogP contribution >= 0.6 is 0 Å². The summed E-state index contributed by atoms with van der Waals surface area (Å²) in [5, 5.41) is 1.01. The molecule has 3 rings (SSSR count). The minimum Gasteiger partial charge on any atom is -0.344 e. The van der Waals surface area contributed by atoms with Gasteiger partial charge in [0, 0.05) is 5.39 Å². The summed E-state index contributed by atoms with van der Waals surface area (Å²) >= 11 is 0. The van der Waals surface area contributed by atoms with Crippen molar-refractivity contribution >= 4 is 27.8 Å². The lowest BCUT2D eigenvalue weighted by Gasteiger charge is -1.99. The molecule has 0 saturated carbocycles. The zero-order valence-electron chi connectivity index (χ0n) is 7.28. The van der Waals surface area contributed by atoms with Crippen molar-refractivity contribution in [3.8, 4) is 0 Å². The maximum absolute atomic E-state index is 7.67. The molecule has 2 heterocycles. The topological polar surface area (TPSA) is 65.4 Å². The minimum absolute atomic E-state index is 0.222. The molecule has 4 nitrogen and oxygen atoms in total. The molecule has 0 aliphatic rings. The molecule has 0 amide bonds. The van der Waals surface area contributed by atoms with Gasteiger partial charge in [0.05, 0.1) is 17.4 Å². The van der Waals surface area contributed by atoms with Gasteiger partial charge in [0.25, 0.3) is 0 Å². The van der Waals surface area contributed by atoms with E-state index in [1.165, 1.54) is 0 Å². The van der Waals surface area contributed by atoms with E-state index in [4.69, 9.17) is 5.73 Å². The van der Waals surface area contributed by atoms with Gasteiger partial charge >= 0.3 is 0 Å². The zero-order valence-corrected chi connectivity index (χ0v) is 7.28. The number of fused-ring (bicyclic) bond motifs is 3. The lowest BCUT2D eigenvalue weighted by atomic mass is 10.2. The molecule has 2 N–H and O–H groups in total. The Bertz CT molecular complexity index is 612. The Morgan fingerprint density at radius 2 is 2.07 bits per heavy atom. The van der Waals surface area contributed by atoms with E-state index >= 15 is 0 Å². The van der Waals surface area contributed by atoms with Crippen LogP contribution in [0.1, 0.15) is 0 Å². The number of pyridine rings is 1. The van der Waals surface area contributed by atoms with Crippen LogP contribution in [0.25, 0.3) is 21.9 Å². The molecule has 3 aromatic rings. The van der Waals surface area contributed by atoms with E-state index in [2.05, 4.69) is 15.0 Å². The molecule has 4 heteroatoms. The third-order valence-corrected chi connectivity index (χ3v) is 2.27. The van der Waals surface area contributed by atoms with E-state index in [1.54, 1.807) is 6.33 Å². The number of nitrogens with one attached hydrogen (secondary N) is 2. The second-order valence-corrected chi connectivity index (χ2v) is 3.10. The molecule has 67 valence electrons. The average molecular weight is 183 g/mol. The third-order valence-electron chi connectivity index (χ3n) is 2.27. The molecule has 0 aliphatic heterocycles. The largest absolute Gasteiger partial charge is 0.344 e. The van der Waals surface area contributed by atoms with Gasteiger partial charge in [-0.3, -0.25) is 5.73 Å². The Morgan fingerprint density at radius 3 is 3.00 bits per heavy atom. The number of H-pyrrole nitrogens is 1. The van der Waals surface area contributed by atoms with Gasteiger partial charge in [-0.05, 0) is 6.07 Å². The predicted molar refractivity (Wildman–Crippen MR) is 54.2 cm³/mol. The summed E-state index contributed by atoms with van der Waals surface area (Å²) in [5.41, 5.74) is 10.0. The maximum atomic E-state index is 7.67. The number of rotatable bonds is 0. The molecule has 0 unspecified atom stereocenters. The van der Waals surface area contributed by atoms with Crippen molar-refractivity contribution in [1.29, 1.82) is 0 Å². The highest BCUT2D eigenvalue weighted by Crippen LogP contribution is 2.24. The molecule has 0 saturated heterocycles. The standard InChI is InChI=1S/C10H7N4/c11-10-9-8(12-5-13-9)6-3-1-2-4-7(6)14-10/h1-5,11H,(H,12,13). The molecular weight excluding hydrogens is 176 g/mol. The van der Waals surface area contributed by atoms with Crippen molar-refractivity contribution in [3.63, 3.8) is 0 Å². The quantitative estimate of drug-likeness (QED) is 0.579. The fourth-order valence-corrected chi connectivity index (χ4v) is 1.64. The summed E-state index contributed by atoms with van der Waals surface area (Å²) in [6.45, 7) is 0. The smallest absolute Gasteiger partial charge is 0.173 e. The molecule has 14 heavy (non-hydrogen) atoms. The first kappa shape index (κ1) is 7.32. The Kier molecular flexibility index (Phi) is 1.28. The summed E-state index contributed by atoms with van der Waals surface area (Å²) in [4.78, 5) is 11.3. The van der Waals surface area contributed by atoms with Gasteiger partial charge in [-0.1, -0.05) is 18.2 Å². The van der Waals surface area contributed by atoms with E-state index in [1.807, 2.05) is 24.3 Å². The van der Waals surface area contributed by atoms with Crippen LogP contribution in [0.4, 0.5) is 5.82 Å². The van der Waals surface area contributed by atoms with Crippen LogP contribution in [0.2, 0.25) is 0 Å². The van der Waals surface area contributed by atoms with Crippen LogP contribution in [0, 0.1) is 0 Å². The van der Waals surface area contributed by atoms with Gasteiger partial charge in [0.2, 0.25) is 0 Å². The first-order valence-electron chi connectivity index (χ1n) is 4.30. The Hall–Kier alpha value is -2.10. The van der Waals surface area contributed by atoms with E-state index < -0.39 is 0 Å². The molecule has 0 aliphatic carbocycles. The summed E-state index contributed by atoms with van der Waals surface area (Å²) in [6, 6.07) is 7.74. The van der Waals surface area contributed by atoms with Gasteiger partial charge in [-0.2, -0.15) is 0 Å². The van der Waals surface area contributed by atoms with E-state index in [-0.39, 0.29) is 5.82 Å². The minimum atomic E-state index is 0.222. The number of hydrogen-bond donors (Lipinski definition) is 1. The SMILES string of the molecule is [NH]c1nc2ccccc2c2[nH]cnc12. The van der Waals surface area contributed by atoms with E-state index in [9.17, 15) is 0 Å². The highest BCUT2D eigenvalue weighted by atomic mass is 14.9. The van der Waals surface area contributed by atoms with Gasteiger partial charge in [-0.15, -0.1) is 0 Å². The zero-order chi connectivity index (χ0) is 9.54. The van der Waals surface area contributed by atoms with Gasteiger partial charge in [-0.25, -0.2) is 9.97 Å². The number of benzene rings is 1. The molecule has 0 spiro atoms. The van der Waals surface area contributed by atoms with Crippen molar-refractivity contribution in [2.24, 2.45) is 0 Å². The van der Waals surface area contributed by atoms with Gasteiger partial charge < -0.3 is 4.98 Å². The second kappa shape index (κ2) is 2.45. The van der Waals surface area contributed by atoms with Gasteiger partial charge in [0.15, 0.2) is 5.82 Å². The van der Waals surface area contributed by atoms with Crippen LogP contribution in [-0.4, -0.2) is 15.0 Å². The summed E-state index contributed by atoms with van der Waals surface area (Å²) in [6.07, 6.45) is 1.59. The Labute approximate surface area is 79.8 Å². The van der Waals surface area contributed by atoms with Crippen LogP contribution in [0.15, 0.2) is 30.6 Å². The molecule has 1 aromatic carbocycles. The van der Waals surface area contributed by atoms with E-state index in [0.29, 0.717) is 5.52 Å². The van der Waals surface area contributed by atoms with E-state index in [0.717, 1.165) is 16.4 Å². The fraction of sp³-hybridized carbons (Fsp3) is 0. The molecule has 0 bridgehead atoms. The molecular formula is C10H7N4. The van der Waals surface area contributed by atoms with Crippen LogP contribution in [0.5, 0.6) is 0 Å². The summed E-state index contributed by atoms with van der Waals surface area (Å²) in [7, 11) is 0. The van der Waals surface area contributed by atoms with Crippen molar-refractivity contribution in [3.05, 3.63) is 30.6 Å². The lowest BCUT2D eigenvalue weighted by molar-refractivity contribution is 1.30. The number of para-hydroxylation sites is 1. The third kappa shape index (κ3) is 0.821. The first-order valence-corrected chi connectivity index (χ1v) is 4.30. The highest BCUT2D eigenvalue weighted by Gasteiger charge is 2.07. The lowest BCUT2D eigenvalue weighted by Crippen LogP contribution is -1.84. The molecule has 2 aromatic heterocycles. The van der Waals surface area contributed by atoms with Crippen molar-refractivity contribution in [1.82, 2.24) is 20.7 Å². The van der Waals surface area contributed by atoms with Crippen LogP contribution in [0.3, 0.4) is 0 Å². The van der Waals surface area contributed by atoms with Gasteiger partial charge in [0.1, 0.15) is 5.52 Å². The predicted octanol–water partition coefficient (Wildman–Crippen LogP) is 2.03. The van der Waals surface area contributed by atoms with Crippen LogP contribution < -0.4 is 5.73 Å². The monoisotopic (exact) mass is 183 g/mol. The highest BCUT2D eigenvalue weighted by molar-refractivity contribution is 6.05. The Morgan fingerprint density at radius 1 is 1.21 bits per heavy atom. The number of imidazole rings is 1. The van der Waals surface area contributed by atoms with Crippen LogP contribution in [-0.2, 0) is 0 Å². The Balaban J connectivity index is 2.66. The maximum Gasteiger partial charge on any atom is 0.173 e. The molecule has 1 radical (unpaired) electrons. The first-order chi connectivity index (χ1) is 6.86. The van der Waals surface area contributed by atoms with Crippen molar-refractivity contribution < 1.29 is 0 Å².